The predicted molar refractivity (Wildman–Crippen MR) is 72.5 cm³/mol. The largest absolute Gasteiger partial charge is 0.591 e. The van der Waals surface area contributed by atoms with Gasteiger partial charge in [-0.2, -0.15) is 9.10 Å². The number of phosphoric ester groups is 1. The monoisotopic (exact) mass is 357 g/mol. The third kappa shape index (κ3) is 7.13. The molecule has 0 radical (unpaired) electrons. The van der Waals surface area contributed by atoms with Gasteiger partial charge in [0.25, 0.3) is 0 Å². The maximum Gasteiger partial charge on any atom is 0.591 e. The van der Waals surface area contributed by atoms with Gasteiger partial charge in [-0.15, -0.1) is 0 Å². The molecule has 0 aliphatic heterocycles. The molecule has 19 heavy (non-hydrogen) atoms. The van der Waals surface area contributed by atoms with Crippen molar-refractivity contribution in [2.45, 2.75) is 20.3 Å². The van der Waals surface area contributed by atoms with Crippen molar-refractivity contribution in [3.8, 4) is 0 Å². The lowest BCUT2D eigenvalue weighted by Crippen LogP contribution is -2.08. The molecule has 0 aliphatic carbocycles. The second-order valence-electron chi connectivity index (χ2n) is 2.93. The van der Waals surface area contributed by atoms with E-state index in [0.29, 0.717) is 6.42 Å². The van der Waals surface area contributed by atoms with Crippen molar-refractivity contribution >= 4 is 37.3 Å². The quantitative estimate of drug-likeness (QED) is 0.348. The topological polar surface area (TPSA) is 112 Å². The zero-order chi connectivity index (χ0) is 15.1. The Bertz CT molecular complexity index is 380. The molecule has 0 aromatic heterocycles. The van der Waals surface area contributed by atoms with Gasteiger partial charge < -0.3 is 0 Å². The SMILES string of the molecule is C=C(Cl)O[P+](O)(OP(=O)(OCC)OCCC)S(=O)O. The summed E-state index contributed by atoms with van der Waals surface area (Å²) in [7, 11) is -11.8. The van der Waals surface area contributed by atoms with E-state index in [1.165, 1.54) is 6.92 Å². The van der Waals surface area contributed by atoms with Crippen LogP contribution in [0.1, 0.15) is 20.3 Å². The number of hydrogen-bond donors (Lipinski definition) is 2. The average molecular weight is 358 g/mol. The van der Waals surface area contributed by atoms with Gasteiger partial charge in [-0.05, 0) is 35.8 Å². The summed E-state index contributed by atoms with van der Waals surface area (Å²) in [6.45, 7) is 6.24. The first-order valence-corrected chi connectivity index (χ1v) is 10.2. The summed E-state index contributed by atoms with van der Waals surface area (Å²) in [6, 6.07) is 0. The fourth-order valence-corrected chi connectivity index (χ4v) is 5.75. The lowest BCUT2D eigenvalue weighted by atomic mass is 10.5. The van der Waals surface area contributed by atoms with Crippen molar-refractivity contribution < 1.29 is 36.1 Å². The van der Waals surface area contributed by atoms with Gasteiger partial charge in [-0.1, -0.05) is 6.92 Å². The predicted octanol–water partition coefficient (Wildman–Crippen LogP) is 3.19. The first-order valence-electron chi connectivity index (χ1n) is 5.07. The van der Waals surface area contributed by atoms with Gasteiger partial charge in [0.05, 0.1) is 13.2 Å². The lowest BCUT2D eigenvalue weighted by molar-refractivity contribution is 0.151. The van der Waals surface area contributed by atoms with E-state index in [9.17, 15) is 13.7 Å². The van der Waals surface area contributed by atoms with Gasteiger partial charge in [0.15, 0.2) is 0 Å². The van der Waals surface area contributed by atoms with Crippen molar-refractivity contribution in [1.82, 2.24) is 0 Å². The highest BCUT2D eigenvalue weighted by molar-refractivity contribution is 8.46. The van der Waals surface area contributed by atoms with Crippen LogP contribution in [0.15, 0.2) is 11.8 Å². The van der Waals surface area contributed by atoms with Crippen LogP contribution in [0.2, 0.25) is 0 Å². The maximum atomic E-state index is 12.1. The summed E-state index contributed by atoms with van der Waals surface area (Å²) in [5, 5.41) is -0.600. The Morgan fingerprint density at radius 2 is 2.05 bits per heavy atom. The summed E-state index contributed by atoms with van der Waals surface area (Å²) in [5.74, 6) is 0. The summed E-state index contributed by atoms with van der Waals surface area (Å²) < 4.78 is 50.7. The van der Waals surface area contributed by atoms with Crippen LogP contribution in [0.4, 0.5) is 0 Å². The van der Waals surface area contributed by atoms with Crippen LogP contribution in [-0.2, 0) is 33.1 Å². The third-order valence-electron chi connectivity index (χ3n) is 1.36. The lowest BCUT2D eigenvalue weighted by Gasteiger charge is -2.18. The molecule has 0 aromatic rings. The van der Waals surface area contributed by atoms with Crippen molar-refractivity contribution in [2.24, 2.45) is 0 Å². The first kappa shape index (κ1) is 19.4. The molecular formula is C7H16ClO8P2S+. The standard InChI is InChI=1S/C7H15ClO8P2S/c1-4-6-14-17(9,13-5-2)16-18(10,19(11)12)15-7(3)8/h10H,3-6H2,1-2H3/p+1. The summed E-state index contributed by atoms with van der Waals surface area (Å²) >= 11 is 5.27. The van der Waals surface area contributed by atoms with Gasteiger partial charge in [0.2, 0.25) is 5.22 Å². The molecule has 12 heteroatoms. The van der Waals surface area contributed by atoms with E-state index in [4.69, 9.17) is 25.2 Å². The van der Waals surface area contributed by atoms with Gasteiger partial charge in [0.1, 0.15) is 0 Å². The van der Waals surface area contributed by atoms with E-state index in [1.807, 2.05) is 0 Å². The molecule has 0 heterocycles. The molecule has 114 valence electrons. The first-order chi connectivity index (χ1) is 8.69. The van der Waals surface area contributed by atoms with Crippen molar-refractivity contribution in [3.05, 3.63) is 11.8 Å². The van der Waals surface area contributed by atoms with Gasteiger partial charge >= 0.3 is 25.7 Å². The Labute approximate surface area is 119 Å². The highest BCUT2D eigenvalue weighted by Crippen LogP contribution is 2.72. The fraction of sp³-hybridized carbons (Fsp3) is 0.714. The van der Waals surface area contributed by atoms with Crippen LogP contribution in [0, 0.1) is 0 Å². The molecule has 0 spiro atoms. The number of phosphoric acid groups is 1. The van der Waals surface area contributed by atoms with Crippen LogP contribution >= 0.6 is 26.6 Å². The fourth-order valence-electron chi connectivity index (χ4n) is 0.774. The second kappa shape index (κ2) is 8.67. The molecule has 3 unspecified atom stereocenters. The number of rotatable bonds is 10. The normalized spacial score (nSPS) is 19.2. The second-order valence-corrected chi connectivity index (χ2v) is 9.31. The highest BCUT2D eigenvalue weighted by Gasteiger charge is 2.60. The number of hydrogen-bond acceptors (Lipinski definition) is 7. The van der Waals surface area contributed by atoms with Crippen molar-refractivity contribution in [3.63, 3.8) is 0 Å². The summed E-state index contributed by atoms with van der Waals surface area (Å²) in [6.07, 6.45) is 0.489. The molecule has 0 bridgehead atoms. The van der Waals surface area contributed by atoms with Crippen LogP contribution < -0.4 is 0 Å². The Morgan fingerprint density at radius 3 is 2.42 bits per heavy atom. The maximum absolute atomic E-state index is 12.1. The zero-order valence-corrected chi connectivity index (χ0v) is 13.7. The van der Waals surface area contributed by atoms with E-state index < -0.39 is 30.9 Å². The van der Waals surface area contributed by atoms with Crippen molar-refractivity contribution in [2.75, 3.05) is 13.2 Å². The van der Waals surface area contributed by atoms with Gasteiger partial charge in [-0.25, -0.2) is 4.57 Å². The summed E-state index contributed by atoms with van der Waals surface area (Å²) in [5.41, 5.74) is 0. The van der Waals surface area contributed by atoms with Crippen molar-refractivity contribution in [1.29, 1.82) is 0 Å². The molecule has 3 atom stereocenters. The van der Waals surface area contributed by atoms with E-state index in [-0.39, 0.29) is 13.2 Å². The highest BCUT2D eigenvalue weighted by atomic mass is 35.5. The van der Waals surface area contributed by atoms with Crippen LogP contribution in [-0.4, -0.2) is 26.9 Å². The molecule has 0 aliphatic rings. The molecule has 8 nitrogen and oxygen atoms in total. The van der Waals surface area contributed by atoms with E-state index >= 15 is 0 Å². The molecule has 2 N–H and O–H groups in total. The van der Waals surface area contributed by atoms with E-state index in [2.05, 4.69) is 15.4 Å². The zero-order valence-electron chi connectivity index (χ0n) is 10.4. The molecule has 0 saturated carbocycles. The molecule has 0 rings (SSSR count). The Morgan fingerprint density at radius 1 is 1.47 bits per heavy atom. The average Bonchev–Trinajstić information content (AvgIpc) is 2.25. The van der Waals surface area contributed by atoms with E-state index in [0.717, 1.165) is 0 Å². The molecule has 0 amide bonds. The van der Waals surface area contributed by atoms with E-state index in [1.54, 1.807) is 6.92 Å². The van der Waals surface area contributed by atoms with Gasteiger partial charge in [-0.3, -0.25) is 18.1 Å². The molecule has 0 fully saturated rings. The molecule has 0 aromatic carbocycles. The number of halogens is 1. The molecular weight excluding hydrogens is 342 g/mol. The Balaban J connectivity index is 5.09. The molecule has 0 saturated heterocycles. The third-order valence-corrected chi connectivity index (χ3v) is 7.09. The minimum absolute atomic E-state index is 0.00281. The minimum Gasteiger partial charge on any atom is -0.285 e. The van der Waals surface area contributed by atoms with Crippen LogP contribution in [0.5, 0.6) is 0 Å². The minimum atomic E-state index is -4.51. The Hall–Kier alpha value is 0.440. The smallest absolute Gasteiger partial charge is 0.285 e. The van der Waals surface area contributed by atoms with Gasteiger partial charge in [0, 0.05) is 0 Å². The summed E-state index contributed by atoms with van der Waals surface area (Å²) in [4.78, 5) is 9.76. The van der Waals surface area contributed by atoms with Crippen LogP contribution in [0.3, 0.4) is 0 Å². The van der Waals surface area contributed by atoms with Crippen LogP contribution in [0.25, 0.3) is 0 Å². The Kier molecular flexibility index (Phi) is 8.87.